The van der Waals surface area contributed by atoms with Crippen molar-refractivity contribution < 1.29 is 14.3 Å². The van der Waals surface area contributed by atoms with Crippen molar-refractivity contribution in [3.8, 4) is 23.8 Å². The molecule has 0 aromatic heterocycles. The van der Waals surface area contributed by atoms with Gasteiger partial charge in [0.05, 0.1) is 12.5 Å². The smallest absolute Gasteiger partial charge is 0.251 e. The Morgan fingerprint density at radius 3 is 2.86 bits per heavy atom. The van der Waals surface area contributed by atoms with Gasteiger partial charge in [0.2, 0.25) is 0 Å². The van der Waals surface area contributed by atoms with Crippen LogP contribution in [0.5, 0.6) is 11.5 Å². The molecule has 1 aromatic carbocycles. The van der Waals surface area contributed by atoms with E-state index in [1.54, 1.807) is 18.2 Å². The Morgan fingerprint density at radius 1 is 1.41 bits per heavy atom. The molecule has 0 bridgehead atoms. The van der Waals surface area contributed by atoms with Crippen LogP contribution in [0, 0.1) is 12.3 Å². The summed E-state index contributed by atoms with van der Waals surface area (Å²) >= 11 is 6.28. The summed E-state index contributed by atoms with van der Waals surface area (Å²) in [5.41, 5.74) is 0.513. The molecule has 2 atom stereocenters. The van der Waals surface area contributed by atoms with Crippen LogP contribution in [-0.2, 0) is 0 Å². The van der Waals surface area contributed by atoms with Gasteiger partial charge in [-0.25, -0.2) is 0 Å². The van der Waals surface area contributed by atoms with Gasteiger partial charge in [-0.05, 0) is 31.0 Å². The third kappa shape index (κ3) is 4.08. The van der Waals surface area contributed by atoms with E-state index in [-0.39, 0.29) is 23.9 Å². The number of halogens is 1. The topological polar surface area (TPSA) is 47.6 Å². The van der Waals surface area contributed by atoms with Gasteiger partial charge in [0, 0.05) is 11.6 Å². The van der Waals surface area contributed by atoms with Crippen molar-refractivity contribution >= 4 is 17.5 Å². The number of hydrogen-bond acceptors (Lipinski definition) is 3. The number of carbonyl (C=O) groups is 1. The number of terminal acetylenes is 1. The van der Waals surface area contributed by atoms with Gasteiger partial charge in [0.25, 0.3) is 5.91 Å². The molecule has 0 spiro atoms. The lowest BCUT2D eigenvalue weighted by atomic mass is 9.94. The van der Waals surface area contributed by atoms with E-state index in [9.17, 15) is 4.79 Å². The maximum absolute atomic E-state index is 12.4. The minimum atomic E-state index is -0.153. The van der Waals surface area contributed by atoms with Crippen molar-refractivity contribution in [2.24, 2.45) is 0 Å². The van der Waals surface area contributed by atoms with Crippen molar-refractivity contribution in [1.82, 2.24) is 5.32 Å². The van der Waals surface area contributed by atoms with Crippen LogP contribution >= 0.6 is 11.6 Å². The highest BCUT2D eigenvalue weighted by atomic mass is 35.5. The van der Waals surface area contributed by atoms with Crippen LogP contribution in [0.1, 0.15) is 36.0 Å². The van der Waals surface area contributed by atoms with Crippen molar-refractivity contribution in [1.29, 1.82) is 0 Å². The zero-order valence-electron chi connectivity index (χ0n) is 12.6. The molecule has 1 aromatic rings. The summed E-state index contributed by atoms with van der Waals surface area (Å²) in [6, 6.07) is 5.04. The second kappa shape index (κ2) is 7.95. The number of nitrogens with one attached hydrogen (secondary N) is 1. The highest BCUT2D eigenvalue weighted by Gasteiger charge is 2.25. The molecule has 22 heavy (non-hydrogen) atoms. The summed E-state index contributed by atoms with van der Waals surface area (Å²) in [4.78, 5) is 12.4. The largest absolute Gasteiger partial charge is 0.493 e. The fraction of sp³-hybridized carbons (Fsp3) is 0.471. The lowest BCUT2D eigenvalue weighted by Gasteiger charge is -2.27. The molecule has 0 aliphatic heterocycles. The molecule has 1 aliphatic rings. The monoisotopic (exact) mass is 321 g/mol. The molecule has 118 valence electrons. The lowest BCUT2D eigenvalue weighted by Crippen LogP contribution is -2.42. The molecule has 1 fully saturated rings. The van der Waals surface area contributed by atoms with E-state index >= 15 is 0 Å². The predicted octanol–water partition coefficient (Wildman–Crippen LogP) is 2.99. The summed E-state index contributed by atoms with van der Waals surface area (Å²) in [5, 5.41) is 3.00. The molecule has 0 saturated heterocycles. The quantitative estimate of drug-likeness (QED) is 0.670. The third-order valence-electron chi connectivity index (χ3n) is 3.73. The Kier molecular flexibility index (Phi) is 5.97. The molecule has 4 nitrogen and oxygen atoms in total. The number of alkyl halides is 1. The molecular formula is C17H20ClNO3. The van der Waals surface area contributed by atoms with Gasteiger partial charge in [-0.15, -0.1) is 18.0 Å². The van der Waals surface area contributed by atoms with E-state index in [1.165, 1.54) is 7.11 Å². The summed E-state index contributed by atoms with van der Waals surface area (Å²) in [7, 11) is 1.52. The molecule has 1 saturated carbocycles. The number of methoxy groups -OCH3 is 1. The maximum Gasteiger partial charge on any atom is 0.251 e. The number of carbonyl (C=O) groups excluding carboxylic acids is 1. The zero-order chi connectivity index (χ0) is 15.9. The highest BCUT2D eigenvalue weighted by molar-refractivity contribution is 6.21. The summed E-state index contributed by atoms with van der Waals surface area (Å²) in [6.45, 7) is 0.151. The molecule has 0 radical (unpaired) electrons. The van der Waals surface area contributed by atoms with Crippen LogP contribution in [0.25, 0.3) is 0 Å². The third-order valence-corrected chi connectivity index (χ3v) is 4.26. The van der Waals surface area contributed by atoms with Gasteiger partial charge in [-0.1, -0.05) is 18.8 Å². The van der Waals surface area contributed by atoms with Gasteiger partial charge in [-0.2, -0.15) is 0 Å². The number of amides is 1. The minimum Gasteiger partial charge on any atom is -0.493 e. The second-order valence-corrected chi connectivity index (χ2v) is 5.80. The van der Waals surface area contributed by atoms with Gasteiger partial charge >= 0.3 is 0 Å². The van der Waals surface area contributed by atoms with E-state index in [0.29, 0.717) is 17.1 Å². The number of hydrogen-bond donors (Lipinski definition) is 1. The van der Waals surface area contributed by atoms with E-state index in [2.05, 4.69) is 11.2 Å². The van der Waals surface area contributed by atoms with Crippen LogP contribution in [0.15, 0.2) is 18.2 Å². The van der Waals surface area contributed by atoms with E-state index in [0.717, 1.165) is 25.7 Å². The summed E-state index contributed by atoms with van der Waals surface area (Å²) in [5.74, 6) is 3.24. The molecule has 1 amide bonds. The first kappa shape index (κ1) is 16.5. The van der Waals surface area contributed by atoms with Crippen molar-refractivity contribution in [2.45, 2.75) is 37.1 Å². The van der Waals surface area contributed by atoms with E-state index in [1.807, 2.05) is 0 Å². The first-order chi connectivity index (χ1) is 10.7. The van der Waals surface area contributed by atoms with Crippen LogP contribution in [0.4, 0.5) is 0 Å². The molecule has 0 heterocycles. The Morgan fingerprint density at radius 2 is 2.18 bits per heavy atom. The maximum atomic E-state index is 12.4. The normalized spacial score (nSPS) is 20.8. The Balaban J connectivity index is 2.07. The molecule has 1 aliphatic carbocycles. The first-order valence-corrected chi connectivity index (χ1v) is 7.78. The lowest BCUT2D eigenvalue weighted by molar-refractivity contribution is 0.0928. The molecule has 0 unspecified atom stereocenters. The standard InChI is InChI=1S/C17H20ClNO3/c1-3-10-22-15-9-8-12(11-16(15)21-2)17(20)19-14-7-5-4-6-13(14)18/h1,8-9,11,13-14H,4-7,10H2,2H3,(H,19,20)/t13-,14-/m1/s1. The Hall–Kier alpha value is -1.86. The Bertz CT molecular complexity index is 568. The molecule has 5 heteroatoms. The van der Waals surface area contributed by atoms with Gasteiger partial charge in [0.15, 0.2) is 11.5 Å². The van der Waals surface area contributed by atoms with Crippen molar-refractivity contribution in [2.75, 3.05) is 13.7 Å². The van der Waals surface area contributed by atoms with Gasteiger partial charge in [-0.3, -0.25) is 4.79 Å². The predicted molar refractivity (Wildman–Crippen MR) is 86.7 cm³/mol. The van der Waals surface area contributed by atoms with Crippen LogP contribution < -0.4 is 14.8 Å². The first-order valence-electron chi connectivity index (χ1n) is 7.35. The average Bonchev–Trinajstić information content (AvgIpc) is 2.54. The van der Waals surface area contributed by atoms with Crippen LogP contribution in [0.3, 0.4) is 0 Å². The number of benzene rings is 1. The van der Waals surface area contributed by atoms with Gasteiger partial charge in [0.1, 0.15) is 6.61 Å². The van der Waals surface area contributed by atoms with Crippen LogP contribution in [-0.4, -0.2) is 31.0 Å². The average molecular weight is 322 g/mol. The summed E-state index contributed by atoms with van der Waals surface area (Å²) in [6.07, 6.45) is 9.24. The fourth-order valence-electron chi connectivity index (χ4n) is 2.55. The number of rotatable bonds is 5. The molecule has 2 rings (SSSR count). The number of ether oxygens (including phenoxy) is 2. The zero-order valence-corrected chi connectivity index (χ0v) is 13.4. The fourth-order valence-corrected chi connectivity index (χ4v) is 2.89. The highest BCUT2D eigenvalue weighted by Crippen LogP contribution is 2.28. The Labute approximate surface area is 136 Å². The van der Waals surface area contributed by atoms with Gasteiger partial charge < -0.3 is 14.8 Å². The van der Waals surface area contributed by atoms with Crippen molar-refractivity contribution in [3.05, 3.63) is 23.8 Å². The SMILES string of the molecule is C#CCOc1ccc(C(=O)N[C@@H]2CCCC[C@H]2Cl)cc1OC. The van der Waals surface area contributed by atoms with E-state index < -0.39 is 0 Å². The summed E-state index contributed by atoms with van der Waals surface area (Å²) < 4.78 is 10.6. The molecular weight excluding hydrogens is 302 g/mol. The second-order valence-electron chi connectivity index (χ2n) is 5.24. The van der Waals surface area contributed by atoms with Crippen molar-refractivity contribution in [3.63, 3.8) is 0 Å². The minimum absolute atomic E-state index is 0.00201. The van der Waals surface area contributed by atoms with E-state index in [4.69, 9.17) is 27.5 Å². The van der Waals surface area contributed by atoms with Crippen LogP contribution in [0.2, 0.25) is 0 Å². The molecule has 1 N–H and O–H groups in total.